The largest absolute Gasteiger partial charge is 0.320 e. The van der Waals surface area contributed by atoms with Crippen LogP contribution in [-0.2, 0) is 4.79 Å². The molecule has 2 rings (SSSR count). The molecule has 23 heavy (non-hydrogen) atoms. The van der Waals surface area contributed by atoms with E-state index in [9.17, 15) is 4.79 Å². The molecule has 1 N–H and O–H groups in total. The van der Waals surface area contributed by atoms with Gasteiger partial charge in [-0.2, -0.15) is 0 Å². The molecule has 0 radical (unpaired) electrons. The van der Waals surface area contributed by atoms with E-state index in [0.717, 1.165) is 65.2 Å². The van der Waals surface area contributed by atoms with Crippen LogP contribution in [0, 0.1) is 13.8 Å². The zero-order valence-corrected chi connectivity index (χ0v) is 15.9. The molecule has 0 heterocycles. The lowest BCUT2D eigenvalue weighted by Crippen LogP contribution is -2.72. The van der Waals surface area contributed by atoms with Crippen LogP contribution in [0.3, 0.4) is 0 Å². The van der Waals surface area contributed by atoms with Gasteiger partial charge in [-0.3, -0.25) is 4.79 Å². The molecule has 1 aliphatic carbocycles. The number of carbonyl (C=O) groups is 1. The van der Waals surface area contributed by atoms with Crippen molar-refractivity contribution < 1.29 is 9.28 Å². The van der Waals surface area contributed by atoms with Crippen LogP contribution in [0.1, 0.15) is 51.2 Å². The summed E-state index contributed by atoms with van der Waals surface area (Å²) in [5.74, 6) is 0.183. The van der Waals surface area contributed by atoms with Gasteiger partial charge in [0.25, 0.3) is 5.91 Å². The molecule has 1 amide bonds. The van der Waals surface area contributed by atoms with E-state index in [-0.39, 0.29) is 11.4 Å². The van der Waals surface area contributed by atoms with E-state index < -0.39 is 0 Å². The topological polar surface area (TPSA) is 29.1 Å². The van der Waals surface area contributed by atoms with Crippen LogP contribution in [-0.4, -0.2) is 35.6 Å². The Balaban J connectivity index is 2.35. The van der Waals surface area contributed by atoms with Crippen molar-refractivity contribution in [2.24, 2.45) is 0 Å². The first-order valence-electron chi connectivity index (χ1n) is 8.80. The number of amides is 1. The SMILES string of the molecule is CC[N+](CC)(CC)C1(C(=O)Nc2c(C)cc(Cl)cc2C)CCC1. The number of hydrogen-bond acceptors (Lipinski definition) is 1. The van der Waals surface area contributed by atoms with E-state index in [0.29, 0.717) is 0 Å². The maximum atomic E-state index is 13.3. The van der Waals surface area contributed by atoms with Gasteiger partial charge in [-0.1, -0.05) is 11.6 Å². The van der Waals surface area contributed by atoms with Crippen LogP contribution in [0.25, 0.3) is 0 Å². The Bertz CT molecular complexity index is 558. The van der Waals surface area contributed by atoms with E-state index in [4.69, 9.17) is 11.6 Å². The van der Waals surface area contributed by atoms with Crippen molar-refractivity contribution in [2.75, 3.05) is 25.0 Å². The van der Waals surface area contributed by atoms with Crippen LogP contribution in [0.4, 0.5) is 5.69 Å². The molecule has 0 spiro atoms. The first-order valence-corrected chi connectivity index (χ1v) is 9.18. The Morgan fingerprint density at radius 2 is 1.61 bits per heavy atom. The highest BCUT2D eigenvalue weighted by Gasteiger charge is 2.58. The Morgan fingerprint density at radius 1 is 1.13 bits per heavy atom. The van der Waals surface area contributed by atoms with Crippen LogP contribution in [0.5, 0.6) is 0 Å². The van der Waals surface area contributed by atoms with Gasteiger partial charge >= 0.3 is 0 Å². The van der Waals surface area contributed by atoms with Crippen LogP contribution >= 0.6 is 11.6 Å². The molecule has 1 aliphatic rings. The van der Waals surface area contributed by atoms with Crippen LogP contribution < -0.4 is 5.32 Å². The summed E-state index contributed by atoms with van der Waals surface area (Å²) in [5.41, 5.74) is 2.71. The van der Waals surface area contributed by atoms with Crippen molar-refractivity contribution in [3.8, 4) is 0 Å². The molecule has 1 fully saturated rings. The Kier molecular flexibility index (Phi) is 5.42. The third-order valence-corrected chi connectivity index (χ3v) is 6.28. The predicted molar refractivity (Wildman–Crippen MR) is 98.0 cm³/mol. The van der Waals surface area contributed by atoms with Gasteiger partial charge in [0, 0.05) is 23.6 Å². The average Bonchev–Trinajstić information content (AvgIpc) is 2.46. The molecule has 128 valence electrons. The van der Waals surface area contributed by atoms with Crippen molar-refractivity contribution in [2.45, 2.75) is 59.4 Å². The Labute approximate surface area is 145 Å². The summed E-state index contributed by atoms with van der Waals surface area (Å²) in [4.78, 5) is 13.3. The number of quaternary nitrogens is 1. The number of aryl methyl sites for hydroxylation is 2. The van der Waals surface area contributed by atoms with Gasteiger partial charge in [0.05, 0.1) is 19.6 Å². The standard InChI is InChI=1S/C19H29ClN2O/c1-6-22(7-2,8-3)19(10-9-11-19)18(23)21-17-14(4)12-16(20)13-15(17)5/h12-13H,6-11H2,1-5H3/p+1. The number of nitrogens with one attached hydrogen (secondary N) is 1. The van der Waals surface area contributed by atoms with Gasteiger partial charge in [-0.15, -0.1) is 0 Å². The third kappa shape index (κ3) is 2.89. The van der Waals surface area contributed by atoms with Gasteiger partial charge in [0.15, 0.2) is 5.54 Å². The van der Waals surface area contributed by atoms with E-state index >= 15 is 0 Å². The second-order valence-electron chi connectivity index (χ2n) is 6.85. The molecule has 0 atom stereocenters. The molecular formula is C19H30ClN2O+. The van der Waals surface area contributed by atoms with Crippen LogP contribution in [0.15, 0.2) is 12.1 Å². The van der Waals surface area contributed by atoms with Crippen molar-refractivity contribution in [3.05, 3.63) is 28.3 Å². The van der Waals surface area contributed by atoms with Gasteiger partial charge in [0.2, 0.25) is 0 Å². The molecule has 1 aromatic carbocycles. The minimum atomic E-state index is -0.267. The third-order valence-electron chi connectivity index (χ3n) is 6.06. The van der Waals surface area contributed by atoms with E-state index in [1.54, 1.807) is 0 Å². The van der Waals surface area contributed by atoms with Gasteiger partial charge in [0.1, 0.15) is 0 Å². The van der Waals surface area contributed by atoms with E-state index in [2.05, 4.69) is 26.1 Å². The zero-order valence-electron chi connectivity index (χ0n) is 15.1. The van der Waals surface area contributed by atoms with E-state index in [1.165, 1.54) is 0 Å². The fraction of sp³-hybridized carbons (Fsp3) is 0.632. The van der Waals surface area contributed by atoms with Crippen molar-refractivity contribution in [1.82, 2.24) is 0 Å². The molecule has 0 unspecified atom stereocenters. The molecule has 1 saturated carbocycles. The van der Waals surface area contributed by atoms with Crippen molar-refractivity contribution >= 4 is 23.2 Å². The number of likely N-dealkylation sites (N-methyl/N-ethyl adjacent to an activating group) is 1. The molecule has 1 aromatic rings. The number of carbonyl (C=O) groups excluding carboxylic acids is 1. The molecule has 0 aromatic heterocycles. The normalized spacial score (nSPS) is 16.8. The molecule has 0 saturated heterocycles. The lowest BCUT2D eigenvalue weighted by atomic mass is 9.72. The first kappa shape index (κ1) is 18.3. The fourth-order valence-electron chi connectivity index (χ4n) is 4.35. The summed E-state index contributed by atoms with van der Waals surface area (Å²) in [6, 6.07) is 3.83. The molecule has 0 aliphatic heterocycles. The fourth-order valence-corrected chi connectivity index (χ4v) is 4.67. The molecule has 4 heteroatoms. The van der Waals surface area contributed by atoms with Gasteiger partial charge in [-0.25, -0.2) is 0 Å². The number of hydrogen-bond donors (Lipinski definition) is 1. The molecular weight excluding hydrogens is 308 g/mol. The van der Waals surface area contributed by atoms with Gasteiger partial charge in [-0.05, 0) is 64.3 Å². The summed E-state index contributed by atoms with van der Waals surface area (Å²) in [7, 11) is 0. The smallest absolute Gasteiger partial charge is 0.285 e. The highest BCUT2D eigenvalue weighted by atomic mass is 35.5. The Hall–Kier alpha value is -1.06. The maximum Gasteiger partial charge on any atom is 0.285 e. The van der Waals surface area contributed by atoms with Crippen molar-refractivity contribution in [1.29, 1.82) is 0 Å². The molecule has 0 bridgehead atoms. The second-order valence-corrected chi connectivity index (χ2v) is 7.28. The summed E-state index contributed by atoms with van der Waals surface area (Å²) in [6.45, 7) is 13.6. The predicted octanol–water partition coefficient (Wildman–Crippen LogP) is 4.69. The lowest BCUT2D eigenvalue weighted by molar-refractivity contribution is -0.967. The lowest BCUT2D eigenvalue weighted by Gasteiger charge is -2.55. The highest BCUT2D eigenvalue weighted by molar-refractivity contribution is 6.30. The molecule has 3 nitrogen and oxygen atoms in total. The average molecular weight is 338 g/mol. The number of nitrogens with zero attached hydrogens (tertiary/aromatic N) is 1. The minimum Gasteiger partial charge on any atom is -0.320 e. The number of benzene rings is 1. The number of halogens is 1. The summed E-state index contributed by atoms with van der Waals surface area (Å²) < 4.78 is 0.879. The van der Waals surface area contributed by atoms with Crippen LogP contribution in [0.2, 0.25) is 5.02 Å². The summed E-state index contributed by atoms with van der Waals surface area (Å²) in [5, 5.41) is 3.96. The van der Waals surface area contributed by atoms with Crippen molar-refractivity contribution in [3.63, 3.8) is 0 Å². The number of rotatable bonds is 6. The quantitative estimate of drug-likeness (QED) is 0.749. The Morgan fingerprint density at radius 3 is 1.96 bits per heavy atom. The first-order chi connectivity index (χ1) is 10.9. The summed E-state index contributed by atoms with van der Waals surface area (Å²) in [6.07, 6.45) is 3.12. The summed E-state index contributed by atoms with van der Waals surface area (Å²) >= 11 is 6.11. The minimum absolute atomic E-state index is 0.183. The highest BCUT2D eigenvalue weighted by Crippen LogP contribution is 2.44. The van der Waals surface area contributed by atoms with Gasteiger partial charge < -0.3 is 9.80 Å². The second kappa shape index (κ2) is 6.82. The zero-order chi connectivity index (χ0) is 17.3. The van der Waals surface area contributed by atoms with E-state index in [1.807, 2.05) is 26.0 Å². The monoisotopic (exact) mass is 337 g/mol. The number of anilines is 1. The maximum absolute atomic E-state index is 13.3.